The van der Waals surface area contributed by atoms with E-state index in [1.54, 1.807) is 0 Å². The summed E-state index contributed by atoms with van der Waals surface area (Å²) in [4.78, 5) is 6.67. The maximum atomic E-state index is 4.31. The molecular weight excluding hydrogens is 399 g/mol. The molecule has 1 fully saturated rings. The molecule has 0 spiro atoms. The summed E-state index contributed by atoms with van der Waals surface area (Å²) in [5, 5.41) is 6.84. The highest BCUT2D eigenvalue weighted by molar-refractivity contribution is 14.0. The van der Waals surface area contributed by atoms with E-state index in [1.807, 2.05) is 7.05 Å². The molecule has 1 saturated carbocycles. The van der Waals surface area contributed by atoms with Crippen LogP contribution in [0.3, 0.4) is 0 Å². The number of hydrogen-bond acceptors (Lipinski definition) is 2. The summed E-state index contributed by atoms with van der Waals surface area (Å²) in [5.74, 6) is 1.75. The third-order valence-corrected chi connectivity index (χ3v) is 4.34. The fraction of sp³-hybridized carbons (Fsp3) is 0.611. The third-order valence-electron chi connectivity index (χ3n) is 4.34. The van der Waals surface area contributed by atoms with Crippen LogP contribution in [-0.4, -0.2) is 37.5 Å². The second kappa shape index (κ2) is 10.1. The molecule has 0 heterocycles. The van der Waals surface area contributed by atoms with Gasteiger partial charge in [-0.3, -0.25) is 9.89 Å². The highest BCUT2D eigenvalue weighted by Crippen LogP contribution is 2.27. The molecular formula is C18H31IN4. The normalized spacial score (nSPS) is 14.8. The van der Waals surface area contributed by atoms with Crippen LogP contribution in [-0.2, 0) is 13.1 Å². The van der Waals surface area contributed by atoms with Gasteiger partial charge in [-0.05, 0) is 50.8 Å². The lowest BCUT2D eigenvalue weighted by molar-refractivity contribution is 0.265. The van der Waals surface area contributed by atoms with Crippen LogP contribution in [0.2, 0.25) is 0 Å². The SMILES string of the molecule is CN=C(NCc1ccccc1CN(C)C(C)C)NCC1CC1.I. The number of nitrogens with zero attached hydrogens (tertiary/aromatic N) is 2. The van der Waals surface area contributed by atoms with E-state index in [4.69, 9.17) is 0 Å². The van der Waals surface area contributed by atoms with Gasteiger partial charge in [-0.1, -0.05) is 24.3 Å². The Balaban J connectivity index is 0.00000264. The second-order valence-electron chi connectivity index (χ2n) is 6.53. The van der Waals surface area contributed by atoms with Gasteiger partial charge in [-0.2, -0.15) is 0 Å². The molecule has 23 heavy (non-hydrogen) atoms. The third kappa shape index (κ3) is 7.08. The number of rotatable bonds is 7. The molecule has 2 N–H and O–H groups in total. The van der Waals surface area contributed by atoms with E-state index in [1.165, 1.54) is 24.0 Å². The van der Waals surface area contributed by atoms with Crippen molar-refractivity contribution in [3.8, 4) is 0 Å². The van der Waals surface area contributed by atoms with Gasteiger partial charge in [0.25, 0.3) is 0 Å². The van der Waals surface area contributed by atoms with Crippen LogP contribution in [0.1, 0.15) is 37.8 Å². The quantitative estimate of drug-likeness (QED) is 0.397. The van der Waals surface area contributed by atoms with Gasteiger partial charge in [0.15, 0.2) is 5.96 Å². The Morgan fingerprint density at radius 3 is 2.43 bits per heavy atom. The minimum atomic E-state index is 0. The predicted molar refractivity (Wildman–Crippen MR) is 109 cm³/mol. The van der Waals surface area contributed by atoms with Gasteiger partial charge in [-0.15, -0.1) is 24.0 Å². The maximum Gasteiger partial charge on any atom is 0.191 e. The number of halogens is 1. The standard InChI is InChI=1S/C18H30N4.HI/c1-14(2)22(4)13-17-8-6-5-7-16(17)12-21-18(19-3)20-11-15-9-10-15;/h5-8,14-15H,9-13H2,1-4H3,(H2,19,20,21);1H. The van der Waals surface area contributed by atoms with Gasteiger partial charge in [0.2, 0.25) is 0 Å². The van der Waals surface area contributed by atoms with Crippen LogP contribution in [0.15, 0.2) is 29.3 Å². The zero-order chi connectivity index (χ0) is 15.9. The minimum Gasteiger partial charge on any atom is -0.356 e. The molecule has 0 unspecified atom stereocenters. The molecule has 0 aromatic heterocycles. The summed E-state index contributed by atoms with van der Waals surface area (Å²) in [6.45, 7) is 7.28. The van der Waals surface area contributed by atoms with Crippen LogP contribution in [0.5, 0.6) is 0 Å². The maximum absolute atomic E-state index is 4.31. The molecule has 1 aromatic rings. The van der Waals surface area contributed by atoms with E-state index in [0.717, 1.165) is 31.5 Å². The number of nitrogens with one attached hydrogen (secondary N) is 2. The predicted octanol–water partition coefficient (Wildman–Crippen LogP) is 3.22. The van der Waals surface area contributed by atoms with E-state index in [0.29, 0.717) is 6.04 Å². The van der Waals surface area contributed by atoms with Crippen molar-refractivity contribution in [2.75, 3.05) is 20.6 Å². The fourth-order valence-electron chi connectivity index (χ4n) is 2.30. The van der Waals surface area contributed by atoms with E-state index < -0.39 is 0 Å². The van der Waals surface area contributed by atoms with Crippen LogP contribution in [0.4, 0.5) is 0 Å². The van der Waals surface area contributed by atoms with Crippen molar-refractivity contribution in [3.05, 3.63) is 35.4 Å². The summed E-state index contributed by atoms with van der Waals surface area (Å²) in [5.41, 5.74) is 2.72. The van der Waals surface area contributed by atoms with Gasteiger partial charge >= 0.3 is 0 Å². The van der Waals surface area contributed by atoms with Crippen molar-refractivity contribution < 1.29 is 0 Å². The highest BCUT2D eigenvalue weighted by atomic mass is 127. The van der Waals surface area contributed by atoms with Crippen molar-refractivity contribution in [2.45, 2.75) is 45.8 Å². The Morgan fingerprint density at radius 1 is 1.22 bits per heavy atom. The lowest BCUT2D eigenvalue weighted by Gasteiger charge is -2.23. The zero-order valence-electron chi connectivity index (χ0n) is 14.8. The Hall–Kier alpha value is -0.820. The first-order chi connectivity index (χ1) is 10.6. The van der Waals surface area contributed by atoms with Crippen LogP contribution >= 0.6 is 24.0 Å². The van der Waals surface area contributed by atoms with Crippen LogP contribution in [0.25, 0.3) is 0 Å². The van der Waals surface area contributed by atoms with Crippen molar-refractivity contribution in [1.29, 1.82) is 0 Å². The molecule has 0 aliphatic heterocycles. The first kappa shape index (κ1) is 20.2. The lowest BCUT2D eigenvalue weighted by Crippen LogP contribution is -2.38. The van der Waals surface area contributed by atoms with Crippen molar-refractivity contribution in [2.24, 2.45) is 10.9 Å². The van der Waals surface area contributed by atoms with E-state index in [-0.39, 0.29) is 24.0 Å². The first-order valence-corrected chi connectivity index (χ1v) is 8.31. The molecule has 130 valence electrons. The Kier molecular flexibility index (Phi) is 8.91. The van der Waals surface area contributed by atoms with Crippen LogP contribution < -0.4 is 10.6 Å². The van der Waals surface area contributed by atoms with Gasteiger partial charge in [0.1, 0.15) is 0 Å². The van der Waals surface area contributed by atoms with Crippen molar-refractivity contribution >= 4 is 29.9 Å². The molecule has 0 atom stereocenters. The summed E-state index contributed by atoms with van der Waals surface area (Å²) >= 11 is 0. The number of hydrogen-bond donors (Lipinski definition) is 2. The average molecular weight is 430 g/mol. The monoisotopic (exact) mass is 430 g/mol. The van der Waals surface area contributed by atoms with Gasteiger partial charge < -0.3 is 10.6 Å². The molecule has 1 aliphatic carbocycles. The largest absolute Gasteiger partial charge is 0.356 e. The number of aliphatic imine (C=N–C) groups is 1. The topological polar surface area (TPSA) is 39.7 Å². The zero-order valence-corrected chi connectivity index (χ0v) is 17.1. The number of benzene rings is 1. The summed E-state index contributed by atoms with van der Waals surface area (Å²) in [6, 6.07) is 9.19. The lowest BCUT2D eigenvalue weighted by atomic mass is 10.1. The molecule has 1 aromatic carbocycles. The summed E-state index contributed by atoms with van der Waals surface area (Å²) < 4.78 is 0. The average Bonchev–Trinajstić information content (AvgIpc) is 3.33. The Labute approximate surface area is 158 Å². The van der Waals surface area contributed by atoms with Crippen molar-refractivity contribution in [3.63, 3.8) is 0 Å². The summed E-state index contributed by atoms with van der Waals surface area (Å²) in [6.07, 6.45) is 2.71. The highest BCUT2D eigenvalue weighted by Gasteiger charge is 2.21. The van der Waals surface area contributed by atoms with E-state index in [2.05, 4.69) is 65.7 Å². The summed E-state index contributed by atoms with van der Waals surface area (Å²) in [7, 11) is 4.01. The van der Waals surface area contributed by atoms with Gasteiger partial charge in [-0.25, -0.2) is 0 Å². The number of guanidine groups is 1. The van der Waals surface area contributed by atoms with E-state index in [9.17, 15) is 0 Å². The molecule has 1 aliphatic rings. The molecule has 0 amide bonds. The smallest absolute Gasteiger partial charge is 0.191 e. The second-order valence-corrected chi connectivity index (χ2v) is 6.53. The van der Waals surface area contributed by atoms with Gasteiger partial charge in [0, 0.05) is 32.7 Å². The van der Waals surface area contributed by atoms with Gasteiger partial charge in [0.05, 0.1) is 0 Å². The molecule has 4 nitrogen and oxygen atoms in total. The first-order valence-electron chi connectivity index (χ1n) is 8.31. The minimum absolute atomic E-state index is 0. The molecule has 2 rings (SSSR count). The molecule has 0 bridgehead atoms. The Bertz CT molecular complexity index is 498. The molecule has 0 saturated heterocycles. The molecule has 0 radical (unpaired) electrons. The Morgan fingerprint density at radius 2 is 1.87 bits per heavy atom. The van der Waals surface area contributed by atoms with E-state index >= 15 is 0 Å². The van der Waals surface area contributed by atoms with Crippen LogP contribution in [0, 0.1) is 5.92 Å². The molecule has 5 heteroatoms. The fourth-order valence-corrected chi connectivity index (χ4v) is 2.30. The van der Waals surface area contributed by atoms with Crippen molar-refractivity contribution in [1.82, 2.24) is 15.5 Å².